The number of ether oxygens (including phenoxy) is 1. The van der Waals surface area contributed by atoms with E-state index in [0.29, 0.717) is 5.69 Å². The Balaban J connectivity index is 2.13. The Morgan fingerprint density at radius 3 is 2.63 bits per heavy atom. The van der Waals surface area contributed by atoms with E-state index in [9.17, 15) is 0 Å². The van der Waals surface area contributed by atoms with Gasteiger partial charge in [-0.2, -0.15) is 0 Å². The standard InChI is InChI=1S/C15H20N2OS/c1-10(2)18-14-8-12(16)7-13(9-14)17-11(3)15-5-4-6-19-15/h4-11,17H,16H2,1-3H3. The molecular formula is C15H20N2OS. The van der Waals surface area contributed by atoms with Crippen LogP contribution in [0.5, 0.6) is 5.75 Å². The molecule has 0 aliphatic rings. The molecule has 1 atom stereocenters. The highest BCUT2D eigenvalue weighted by atomic mass is 32.1. The van der Waals surface area contributed by atoms with Gasteiger partial charge in [-0.3, -0.25) is 0 Å². The summed E-state index contributed by atoms with van der Waals surface area (Å²) in [7, 11) is 0. The molecule has 3 N–H and O–H groups in total. The molecule has 0 fully saturated rings. The van der Waals surface area contributed by atoms with E-state index >= 15 is 0 Å². The number of benzene rings is 1. The predicted octanol–water partition coefficient (Wildman–Crippen LogP) is 4.29. The second-order valence-corrected chi connectivity index (χ2v) is 5.82. The smallest absolute Gasteiger partial charge is 0.123 e. The van der Waals surface area contributed by atoms with Crippen molar-refractivity contribution in [2.75, 3.05) is 11.1 Å². The van der Waals surface area contributed by atoms with Crippen LogP contribution in [-0.4, -0.2) is 6.10 Å². The summed E-state index contributed by atoms with van der Waals surface area (Å²) in [5, 5.41) is 5.53. The molecule has 0 saturated carbocycles. The number of nitrogens with two attached hydrogens (primary N) is 1. The largest absolute Gasteiger partial charge is 0.491 e. The normalized spacial score (nSPS) is 12.4. The van der Waals surface area contributed by atoms with Crippen molar-refractivity contribution in [3.05, 3.63) is 40.6 Å². The molecule has 0 amide bonds. The maximum atomic E-state index is 5.91. The van der Waals surface area contributed by atoms with Crippen LogP contribution in [0.2, 0.25) is 0 Å². The molecule has 4 heteroatoms. The Morgan fingerprint density at radius 2 is 2.00 bits per heavy atom. The fourth-order valence-corrected chi connectivity index (χ4v) is 2.64. The summed E-state index contributed by atoms with van der Waals surface area (Å²) in [5.41, 5.74) is 7.60. The number of hydrogen-bond donors (Lipinski definition) is 2. The van der Waals surface area contributed by atoms with E-state index in [1.807, 2.05) is 32.0 Å². The van der Waals surface area contributed by atoms with Crippen LogP contribution in [0.15, 0.2) is 35.7 Å². The Bertz CT molecular complexity index is 523. The van der Waals surface area contributed by atoms with Gasteiger partial charge >= 0.3 is 0 Å². The van der Waals surface area contributed by atoms with Gasteiger partial charge in [0.05, 0.1) is 12.1 Å². The lowest BCUT2D eigenvalue weighted by Crippen LogP contribution is -2.08. The number of anilines is 2. The predicted molar refractivity (Wildman–Crippen MR) is 83.0 cm³/mol. The fraction of sp³-hybridized carbons (Fsp3) is 0.333. The number of rotatable bonds is 5. The number of thiophene rings is 1. The second kappa shape index (κ2) is 5.97. The molecule has 1 aromatic heterocycles. The van der Waals surface area contributed by atoms with Crippen LogP contribution in [0.25, 0.3) is 0 Å². The highest BCUT2D eigenvalue weighted by molar-refractivity contribution is 7.10. The molecular weight excluding hydrogens is 256 g/mol. The van der Waals surface area contributed by atoms with E-state index < -0.39 is 0 Å². The van der Waals surface area contributed by atoms with Crippen molar-refractivity contribution in [2.45, 2.75) is 32.9 Å². The van der Waals surface area contributed by atoms with E-state index in [2.05, 4.69) is 29.8 Å². The highest BCUT2D eigenvalue weighted by Gasteiger charge is 2.08. The van der Waals surface area contributed by atoms with Gasteiger partial charge < -0.3 is 15.8 Å². The van der Waals surface area contributed by atoms with Gasteiger partial charge in [-0.1, -0.05) is 6.07 Å². The minimum absolute atomic E-state index is 0.143. The highest BCUT2D eigenvalue weighted by Crippen LogP contribution is 2.28. The van der Waals surface area contributed by atoms with Gasteiger partial charge in [0.1, 0.15) is 5.75 Å². The van der Waals surface area contributed by atoms with E-state index in [1.54, 1.807) is 11.3 Å². The molecule has 1 unspecified atom stereocenters. The lowest BCUT2D eigenvalue weighted by molar-refractivity contribution is 0.242. The third-order valence-electron chi connectivity index (χ3n) is 2.65. The van der Waals surface area contributed by atoms with Crippen molar-refractivity contribution in [3.8, 4) is 5.75 Å². The lowest BCUT2D eigenvalue weighted by atomic mass is 10.2. The zero-order chi connectivity index (χ0) is 13.8. The monoisotopic (exact) mass is 276 g/mol. The number of nitrogen functional groups attached to an aromatic ring is 1. The first-order valence-electron chi connectivity index (χ1n) is 6.42. The Kier molecular flexibility index (Phi) is 4.32. The zero-order valence-electron chi connectivity index (χ0n) is 11.5. The maximum Gasteiger partial charge on any atom is 0.123 e. The first-order chi connectivity index (χ1) is 9.04. The van der Waals surface area contributed by atoms with E-state index in [0.717, 1.165) is 11.4 Å². The van der Waals surface area contributed by atoms with Crippen LogP contribution in [0.4, 0.5) is 11.4 Å². The van der Waals surface area contributed by atoms with E-state index in [1.165, 1.54) is 4.88 Å². The molecule has 0 aliphatic heterocycles. The average molecular weight is 276 g/mol. The van der Waals surface area contributed by atoms with Crippen molar-refractivity contribution in [1.29, 1.82) is 0 Å². The van der Waals surface area contributed by atoms with Crippen LogP contribution < -0.4 is 15.8 Å². The van der Waals surface area contributed by atoms with Crippen LogP contribution >= 0.6 is 11.3 Å². The third-order valence-corrected chi connectivity index (χ3v) is 3.71. The van der Waals surface area contributed by atoms with Crippen LogP contribution in [0.3, 0.4) is 0 Å². The van der Waals surface area contributed by atoms with Crippen molar-refractivity contribution in [1.82, 2.24) is 0 Å². The molecule has 1 heterocycles. The molecule has 2 aromatic rings. The summed E-state index contributed by atoms with van der Waals surface area (Å²) >= 11 is 1.74. The molecule has 0 spiro atoms. The fourth-order valence-electron chi connectivity index (χ4n) is 1.90. The molecule has 19 heavy (non-hydrogen) atoms. The second-order valence-electron chi connectivity index (χ2n) is 4.84. The van der Waals surface area contributed by atoms with Gasteiger partial charge in [-0.25, -0.2) is 0 Å². The van der Waals surface area contributed by atoms with E-state index in [-0.39, 0.29) is 12.1 Å². The minimum Gasteiger partial charge on any atom is -0.491 e. The topological polar surface area (TPSA) is 47.3 Å². The third kappa shape index (κ3) is 3.89. The average Bonchev–Trinajstić information content (AvgIpc) is 2.79. The molecule has 0 aliphatic carbocycles. The molecule has 3 nitrogen and oxygen atoms in total. The van der Waals surface area contributed by atoms with Crippen molar-refractivity contribution < 1.29 is 4.74 Å². The van der Waals surface area contributed by atoms with Gasteiger partial charge in [-0.05, 0) is 38.3 Å². The number of nitrogens with one attached hydrogen (secondary N) is 1. The van der Waals surface area contributed by atoms with Gasteiger partial charge in [-0.15, -0.1) is 11.3 Å². The summed E-state index contributed by atoms with van der Waals surface area (Å²) in [6, 6.07) is 10.2. The van der Waals surface area contributed by atoms with Gasteiger partial charge in [0.2, 0.25) is 0 Å². The summed E-state index contributed by atoms with van der Waals surface area (Å²) in [6.45, 7) is 6.15. The van der Waals surface area contributed by atoms with Gasteiger partial charge in [0, 0.05) is 28.4 Å². The molecule has 0 saturated heterocycles. The molecule has 102 valence electrons. The summed E-state index contributed by atoms with van der Waals surface area (Å²) < 4.78 is 5.69. The maximum absolute atomic E-state index is 5.91. The first kappa shape index (κ1) is 13.7. The minimum atomic E-state index is 0.143. The van der Waals surface area contributed by atoms with Crippen molar-refractivity contribution >= 4 is 22.7 Å². The first-order valence-corrected chi connectivity index (χ1v) is 7.29. The summed E-state index contributed by atoms with van der Waals surface area (Å²) in [4.78, 5) is 1.30. The SMILES string of the molecule is CC(C)Oc1cc(N)cc(NC(C)c2cccs2)c1. The zero-order valence-corrected chi connectivity index (χ0v) is 12.3. The molecule has 0 bridgehead atoms. The Hall–Kier alpha value is -1.68. The van der Waals surface area contributed by atoms with Crippen molar-refractivity contribution in [2.24, 2.45) is 0 Å². The van der Waals surface area contributed by atoms with Crippen LogP contribution in [0.1, 0.15) is 31.7 Å². The number of hydrogen-bond acceptors (Lipinski definition) is 4. The van der Waals surface area contributed by atoms with E-state index in [4.69, 9.17) is 10.5 Å². The lowest BCUT2D eigenvalue weighted by Gasteiger charge is -2.16. The molecule has 2 rings (SSSR count). The molecule has 0 radical (unpaired) electrons. The Labute approximate surface area is 118 Å². The van der Waals surface area contributed by atoms with Crippen LogP contribution in [0, 0.1) is 0 Å². The quantitative estimate of drug-likeness (QED) is 0.801. The van der Waals surface area contributed by atoms with Crippen LogP contribution in [-0.2, 0) is 0 Å². The summed E-state index contributed by atoms with van der Waals surface area (Å²) in [6.07, 6.45) is 0.143. The van der Waals surface area contributed by atoms with Crippen molar-refractivity contribution in [3.63, 3.8) is 0 Å². The summed E-state index contributed by atoms with van der Waals surface area (Å²) in [5.74, 6) is 0.802. The molecule has 1 aromatic carbocycles. The van der Waals surface area contributed by atoms with Gasteiger partial charge in [0.25, 0.3) is 0 Å². The Morgan fingerprint density at radius 1 is 1.21 bits per heavy atom. The van der Waals surface area contributed by atoms with Gasteiger partial charge in [0.15, 0.2) is 0 Å².